The molecule has 4 N–H and O–H groups in total. The highest BCUT2D eigenvalue weighted by molar-refractivity contribution is 5.80. The second kappa shape index (κ2) is 6.71. The summed E-state index contributed by atoms with van der Waals surface area (Å²) in [7, 11) is 0. The topological polar surface area (TPSA) is 132 Å². The molecule has 27 heavy (non-hydrogen) atoms. The number of fused-ring (bicyclic) bond motifs is 1. The number of carbonyl (C=O) groups is 1. The van der Waals surface area contributed by atoms with E-state index in [-0.39, 0.29) is 12.4 Å². The molecule has 0 aliphatic rings. The van der Waals surface area contributed by atoms with Crippen molar-refractivity contribution in [1.29, 1.82) is 0 Å². The van der Waals surface area contributed by atoms with Gasteiger partial charge in [0.15, 0.2) is 0 Å². The fourth-order valence-corrected chi connectivity index (χ4v) is 2.77. The minimum atomic E-state index is -0.892. The molecule has 0 fully saturated rings. The number of carboxylic acid groups (broad SMARTS) is 1. The van der Waals surface area contributed by atoms with Gasteiger partial charge in [-0.1, -0.05) is 24.3 Å². The maximum absolute atomic E-state index is 10.9. The normalized spacial score (nSPS) is 10.8. The monoisotopic (exact) mass is 361 g/mol. The number of hydrogen-bond donors (Lipinski definition) is 3. The molecule has 2 heterocycles. The smallest absolute Gasteiger partial charge is 0.307 e. The summed E-state index contributed by atoms with van der Waals surface area (Å²) in [6.45, 7) is 0. The number of nitrogens with one attached hydrogen (secondary N) is 1. The second-order valence-electron chi connectivity index (χ2n) is 5.80. The van der Waals surface area contributed by atoms with E-state index in [1.807, 2.05) is 24.3 Å². The fraction of sp³-hybridized carbons (Fsp3) is 0.0556. The molecule has 0 saturated heterocycles. The number of aromatic nitrogens is 5. The molecule has 2 aromatic heterocycles. The minimum absolute atomic E-state index is 0.0600. The Morgan fingerprint density at radius 3 is 2.81 bits per heavy atom. The highest BCUT2D eigenvalue weighted by atomic mass is 16.4. The van der Waals surface area contributed by atoms with Crippen molar-refractivity contribution in [2.45, 2.75) is 6.42 Å². The zero-order valence-corrected chi connectivity index (χ0v) is 14.1. The van der Waals surface area contributed by atoms with Gasteiger partial charge in [0.2, 0.25) is 17.8 Å². The molecule has 0 aliphatic carbocycles. The molecule has 0 aliphatic heterocycles. The van der Waals surface area contributed by atoms with Crippen LogP contribution >= 0.6 is 0 Å². The van der Waals surface area contributed by atoms with Crippen LogP contribution in [0.15, 0.2) is 54.9 Å². The lowest BCUT2D eigenvalue weighted by atomic mass is 10.1. The fourth-order valence-electron chi connectivity index (χ4n) is 2.77. The first-order valence-corrected chi connectivity index (χ1v) is 8.10. The number of anilines is 3. The number of benzene rings is 2. The second-order valence-corrected chi connectivity index (χ2v) is 5.80. The first-order valence-electron chi connectivity index (χ1n) is 8.10. The zero-order valence-electron chi connectivity index (χ0n) is 14.1. The van der Waals surface area contributed by atoms with Gasteiger partial charge in [0.05, 0.1) is 17.5 Å². The van der Waals surface area contributed by atoms with Crippen LogP contribution in [0.25, 0.3) is 17.0 Å². The lowest BCUT2D eigenvalue weighted by molar-refractivity contribution is -0.136. The first kappa shape index (κ1) is 16.5. The van der Waals surface area contributed by atoms with Gasteiger partial charge >= 0.3 is 5.97 Å². The van der Waals surface area contributed by atoms with Gasteiger partial charge in [0.25, 0.3) is 0 Å². The predicted molar refractivity (Wildman–Crippen MR) is 99.9 cm³/mol. The third kappa shape index (κ3) is 3.38. The Kier molecular flexibility index (Phi) is 4.09. The Bertz CT molecular complexity index is 1140. The Morgan fingerprint density at radius 2 is 1.96 bits per heavy atom. The average Bonchev–Trinajstić information content (AvgIpc) is 2.97. The predicted octanol–water partition coefficient (Wildman–Crippen LogP) is 2.16. The van der Waals surface area contributed by atoms with Crippen LogP contribution in [-0.4, -0.2) is 35.6 Å². The molecule has 0 spiro atoms. The minimum Gasteiger partial charge on any atom is -0.481 e. The summed E-state index contributed by atoms with van der Waals surface area (Å²) in [6.07, 6.45) is 1.31. The van der Waals surface area contributed by atoms with E-state index in [1.165, 1.54) is 6.33 Å². The number of rotatable bonds is 5. The van der Waals surface area contributed by atoms with Crippen molar-refractivity contribution in [2.24, 2.45) is 0 Å². The molecule has 2 aromatic carbocycles. The van der Waals surface area contributed by atoms with Crippen LogP contribution in [0.4, 0.5) is 17.6 Å². The number of hydrogen-bond acceptors (Lipinski definition) is 7. The summed E-state index contributed by atoms with van der Waals surface area (Å²) >= 11 is 0. The highest BCUT2D eigenvalue weighted by Crippen LogP contribution is 2.21. The third-order valence-electron chi connectivity index (χ3n) is 3.88. The van der Waals surface area contributed by atoms with Gasteiger partial charge < -0.3 is 16.2 Å². The molecule has 0 bridgehead atoms. The lowest BCUT2D eigenvalue weighted by Gasteiger charge is -2.08. The van der Waals surface area contributed by atoms with Gasteiger partial charge in [-0.05, 0) is 29.8 Å². The van der Waals surface area contributed by atoms with E-state index in [0.29, 0.717) is 23.1 Å². The summed E-state index contributed by atoms with van der Waals surface area (Å²) in [5.41, 5.74) is 8.91. The average molecular weight is 361 g/mol. The molecule has 4 aromatic rings. The number of aliphatic carboxylic acids is 1. The summed E-state index contributed by atoms with van der Waals surface area (Å²) in [4.78, 5) is 27.9. The van der Waals surface area contributed by atoms with Gasteiger partial charge in [-0.2, -0.15) is 4.98 Å². The molecule has 9 heteroatoms. The molecule has 0 amide bonds. The maximum Gasteiger partial charge on any atom is 0.307 e. The number of nitrogens with zero attached hydrogens (tertiary/aromatic N) is 5. The molecule has 0 saturated carbocycles. The zero-order chi connectivity index (χ0) is 18.8. The van der Waals surface area contributed by atoms with E-state index in [2.05, 4.69) is 25.3 Å². The van der Waals surface area contributed by atoms with Crippen LogP contribution in [0, 0.1) is 0 Å². The van der Waals surface area contributed by atoms with Crippen LogP contribution in [0.5, 0.6) is 0 Å². The van der Waals surface area contributed by atoms with Gasteiger partial charge in [0.1, 0.15) is 6.33 Å². The van der Waals surface area contributed by atoms with E-state index < -0.39 is 5.97 Å². The number of nitrogen functional groups attached to an aromatic ring is 1. The molecule has 0 unspecified atom stereocenters. The summed E-state index contributed by atoms with van der Waals surface area (Å²) in [5, 5.41) is 12.0. The van der Waals surface area contributed by atoms with Crippen molar-refractivity contribution in [2.75, 3.05) is 11.1 Å². The summed E-state index contributed by atoms with van der Waals surface area (Å²) < 4.78 is 1.64. The van der Waals surface area contributed by atoms with E-state index in [1.54, 1.807) is 28.8 Å². The largest absolute Gasteiger partial charge is 0.481 e. The van der Waals surface area contributed by atoms with Crippen LogP contribution in [0.3, 0.4) is 0 Å². The van der Waals surface area contributed by atoms with E-state index in [9.17, 15) is 4.79 Å². The number of nitrogens with two attached hydrogens (primary N) is 1. The van der Waals surface area contributed by atoms with Crippen molar-refractivity contribution in [3.8, 4) is 5.95 Å². The Morgan fingerprint density at radius 1 is 1.11 bits per heavy atom. The summed E-state index contributed by atoms with van der Waals surface area (Å²) in [6, 6.07) is 14.5. The molecule has 0 atom stereocenters. The van der Waals surface area contributed by atoms with Crippen molar-refractivity contribution in [3.63, 3.8) is 0 Å². The quantitative estimate of drug-likeness (QED) is 0.493. The van der Waals surface area contributed by atoms with Crippen LogP contribution < -0.4 is 11.1 Å². The SMILES string of the molecule is Nc1nc2ccccc2n1-c1ncnc(Nc2cccc(CC(=O)O)c2)n1. The number of imidazole rings is 1. The van der Waals surface area contributed by atoms with E-state index >= 15 is 0 Å². The molecule has 0 radical (unpaired) electrons. The van der Waals surface area contributed by atoms with Gasteiger partial charge in [0, 0.05) is 5.69 Å². The third-order valence-corrected chi connectivity index (χ3v) is 3.88. The highest BCUT2D eigenvalue weighted by Gasteiger charge is 2.13. The van der Waals surface area contributed by atoms with Crippen LogP contribution in [-0.2, 0) is 11.2 Å². The molecule has 9 nitrogen and oxygen atoms in total. The van der Waals surface area contributed by atoms with Gasteiger partial charge in [-0.3, -0.25) is 4.79 Å². The van der Waals surface area contributed by atoms with Crippen LogP contribution in [0.1, 0.15) is 5.56 Å². The summed E-state index contributed by atoms with van der Waals surface area (Å²) in [5.74, 6) is 0.0268. The molecular formula is C18H15N7O2. The Hall–Kier alpha value is -4.01. The Labute approximate surface area is 153 Å². The Balaban J connectivity index is 1.67. The number of carboxylic acids is 1. The first-order chi connectivity index (χ1) is 13.1. The van der Waals surface area contributed by atoms with Gasteiger partial charge in [-0.25, -0.2) is 19.5 Å². The van der Waals surface area contributed by atoms with Gasteiger partial charge in [-0.15, -0.1) is 0 Å². The standard InChI is InChI=1S/C18H15N7O2/c19-16-23-13-6-1-2-7-14(13)25(16)18-21-10-20-17(24-18)22-12-5-3-4-11(8-12)9-15(26)27/h1-8,10H,9H2,(H2,19,23)(H,26,27)(H,20,21,22,24). The van der Waals surface area contributed by atoms with E-state index in [0.717, 1.165) is 11.0 Å². The maximum atomic E-state index is 10.9. The lowest BCUT2D eigenvalue weighted by Crippen LogP contribution is -2.08. The number of para-hydroxylation sites is 2. The van der Waals surface area contributed by atoms with Crippen molar-refractivity contribution >= 4 is 34.6 Å². The van der Waals surface area contributed by atoms with Crippen molar-refractivity contribution in [3.05, 3.63) is 60.4 Å². The molecule has 4 rings (SSSR count). The molecule has 134 valence electrons. The molecular weight excluding hydrogens is 346 g/mol. The van der Waals surface area contributed by atoms with Crippen molar-refractivity contribution in [1.82, 2.24) is 24.5 Å². The van der Waals surface area contributed by atoms with E-state index in [4.69, 9.17) is 10.8 Å². The van der Waals surface area contributed by atoms with Crippen LogP contribution in [0.2, 0.25) is 0 Å². The van der Waals surface area contributed by atoms with Crippen molar-refractivity contribution < 1.29 is 9.90 Å².